The van der Waals surface area contributed by atoms with Crippen molar-refractivity contribution in [1.82, 2.24) is 0 Å². The van der Waals surface area contributed by atoms with Gasteiger partial charge < -0.3 is 4.52 Å². The Hall–Kier alpha value is 0.920. The summed E-state index contributed by atoms with van der Waals surface area (Å²) in [4.78, 5) is 0. The highest BCUT2D eigenvalue weighted by molar-refractivity contribution is 8.68. The average molecular weight is 171 g/mol. The second-order valence-electron chi connectivity index (χ2n) is 1.14. The van der Waals surface area contributed by atoms with Gasteiger partial charge in [-0.1, -0.05) is 11.4 Å². The highest BCUT2D eigenvalue weighted by Gasteiger charge is 2.05. The second-order valence-corrected chi connectivity index (χ2v) is 7.89. The molecule has 2 N–H and O–H groups in total. The van der Waals surface area contributed by atoms with Crippen LogP contribution in [-0.4, -0.2) is 12.9 Å². The summed E-state index contributed by atoms with van der Waals surface area (Å²) in [6.45, 7) is 2.51. The minimum atomic E-state index is -1.92. The van der Waals surface area contributed by atoms with E-state index in [1.807, 2.05) is 13.2 Å². The summed E-state index contributed by atoms with van der Waals surface area (Å²) < 4.78 is 5.05. The van der Waals surface area contributed by atoms with Crippen LogP contribution in [0.2, 0.25) is 0 Å². The number of rotatable bonds is 3. The van der Waals surface area contributed by atoms with Crippen molar-refractivity contribution in [1.29, 1.82) is 0 Å². The van der Waals surface area contributed by atoms with Gasteiger partial charge in [-0.2, -0.15) is 0 Å². The fraction of sp³-hybridized carbons (Fsp3) is 1.00. The zero-order valence-corrected chi connectivity index (χ0v) is 7.48. The summed E-state index contributed by atoms with van der Waals surface area (Å²) >= 11 is 6.31. The van der Waals surface area contributed by atoms with E-state index in [1.54, 1.807) is 0 Å². The van der Waals surface area contributed by atoms with Crippen LogP contribution in [0.3, 0.4) is 0 Å². The van der Waals surface area contributed by atoms with E-state index in [4.69, 9.17) is 21.8 Å². The smallest absolute Gasteiger partial charge is 0.182 e. The van der Waals surface area contributed by atoms with Crippen LogP contribution in [0.25, 0.3) is 0 Å². The summed E-state index contributed by atoms with van der Waals surface area (Å²) in [5.74, 6) is 0. The summed E-state index contributed by atoms with van der Waals surface area (Å²) in [5, 5.41) is 0. The molecule has 1 atom stereocenters. The predicted octanol–water partition coefficient (Wildman–Crippen LogP) is 1.57. The third-order valence-corrected chi connectivity index (χ3v) is 5.19. The van der Waals surface area contributed by atoms with Gasteiger partial charge >= 0.3 is 0 Å². The first-order valence-corrected chi connectivity index (χ1v) is 6.83. The molecule has 0 amide bonds. The number of hydrogen-bond donors (Lipinski definition) is 1. The van der Waals surface area contributed by atoms with Crippen molar-refractivity contribution < 1.29 is 4.52 Å². The van der Waals surface area contributed by atoms with Crippen molar-refractivity contribution in [2.45, 2.75) is 6.92 Å². The lowest BCUT2D eigenvalue weighted by Crippen LogP contribution is -1.93. The van der Waals surface area contributed by atoms with E-state index in [0.717, 1.165) is 0 Å². The molecule has 0 aromatic heterocycles. The maximum Gasteiger partial charge on any atom is 0.182 e. The van der Waals surface area contributed by atoms with Crippen molar-refractivity contribution >= 4 is 28.8 Å². The minimum Gasteiger partial charge on any atom is -0.331 e. The van der Waals surface area contributed by atoms with Crippen LogP contribution in [0.15, 0.2) is 0 Å². The van der Waals surface area contributed by atoms with Crippen LogP contribution in [-0.2, 0) is 16.3 Å². The van der Waals surface area contributed by atoms with Crippen LogP contribution in [0.5, 0.6) is 0 Å². The Kier molecular flexibility index (Phi) is 4.30. The molecule has 0 spiro atoms. The largest absolute Gasteiger partial charge is 0.331 e. The van der Waals surface area contributed by atoms with Gasteiger partial charge in [0.25, 0.3) is 0 Å². The molecule has 5 heteroatoms. The standard InChI is InChI=1S/C3H10NOPS2/c1-3-5-6(4,7)8-2/h3H2,1-2H3,(H2,4,7). The molecule has 0 aliphatic rings. The molecule has 0 heterocycles. The Morgan fingerprint density at radius 1 is 1.88 bits per heavy atom. The molecule has 2 nitrogen and oxygen atoms in total. The van der Waals surface area contributed by atoms with Crippen LogP contribution < -0.4 is 5.50 Å². The van der Waals surface area contributed by atoms with Crippen molar-refractivity contribution in [3.63, 3.8) is 0 Å². The Morgan fingerprint density at radius 2 is 2.38 bits per heavy atom. The molecule has 0 radical (unpaired) electrons. The van der Waals surface area contributed by atoms with Gasteiger partial charge in [0.1, 0.15) is 0 Å². The SMILES string of the molecule is CCOP(N)(=S)SC. The Morgan fingerprint density at radius 3 is 2.50 bits per heavy atom. The molecule has 0 aliphatic heterocycles. The van der Waals surface area contributed by atoms with Crippen LogP contribution in [0, 0.1) is 0 Å². The Bertz CT molecular complexity index is 107. The Labute approximate surface area is 59.1 Å². The van der Waals surface area contributed by atoms with E-state index >= 15 is 0 Å². The summed E-state index contributed by atoms with van der Waals surface area (Å²) in [7, 11) is 0. The first kappa shape index (κ1) is 8.92. The molecule has 0 fully saturated rings. The predicted molar refractivity (Wildman–Crippen MR) is 43.6 cm³/mol. The molecule has 0 aliphatic carbocycles. The average Bonchev–Trinajstić information content (AvgIpc) is 1.67. The molecule has 1 unspecified atom stereocenters. The minimum absolute atomic E-state index is 0.620. The molecule has 50 valence electrons. The maximum atomic E-state index is 5.49. The second kappa shape index (κ2) is 3.85. The van der Waals surface area contributed by atoms with E-state index < -0.39 is 5.62 Å². The number of nitrogens with two attached hydrogens (primary N) is 1. The molecule has 0 aromatic carbocycles. The molecule has 8 heavy (non-hydrogen) atoms. The molecular formula is C3H10NOPS2. The molecular weight excluding hydrogens is 161 g/mol. The zero-order chi connectivity index (χ0) is 6.62. The zero-order valence-electron chi connectivity index (χ0n) is 4.96. The molecule has 0 rings (SSSR count). The van der Waals surface area contributed by atoms with Gasteiger partial charge in [0.15, 0.2) is 5.62 Å². The fourth-order valence-corrected chi connectivity index (χ4v) is 1.65. The third kappa shape index (κ3) is 3.87. The molecule has 0 aromatic rings. The van der Waals surface area contributed by atoms with E-state index in [1.165, 1.54) is 11.4 Å². The highest BCUT2D eigenvalue weighted by atomic mass is 32.9. The van der Waals surface area contributed by atoms with Gasteiger partial charge in [-0.25, -0.2) is 0 Å². The first-order valence-electron chi connectivity index (χ1n) is 2.21. The third-order valence-electron chi connectivity index (χ3n) is 0.564. The van der Waals surface area contributed by atoms with Gasteiger partial charge in [0.2, 0.25) is 0 Å². The van der Waals surface area contributed by atoms with E-state index in [9.17, 15) is 0 Å². The first-order chi connectivity index (χ1) is 3.62. The summed E-state index contributed by atoms with van der Waals surface area (Å²) in [6.07, 6.45) is 1.87. The van der Waals surface area contributed by atoms with E-state index in [2.05, 4.69) is 0 Å². The summed E-state index contributed by atoms with van der Waals surface area (Å²) in [5.41, 5.74) is 3.57. The maximum absolute atomic E-state index is 5.49. The summed E-state index contributed by atoms with van der Waals surface area (Å²) in [6, 6.07) is 0. The molecule has 0 saturated carbocycles. The van der Waals surface area contributed by atoms with Gasteiger partial charge in [0.05, 0.1) is 6.61 Å². The topological polar surface area (TPSA) is 35.2 Å². The van der Waals surface area contributed by atoms with Gasteiger partial charge in [-0.3, -0.25) is 5.50 Å². The van der Waals surface area contributed by atoms with Crippen molar-refractivity contribution in [2.24, 2.45) is 5.50 Å². The van der Waals surface area contributed by atoms with Crippen LogP contribution in [0.1, 0.15) is 6.92 Å². The lowest BCUT2D eigenvalue weighted by atomic mass is 10.9. The van der Waals surface area contributed by atoms with Crippen molar-refractivity contribution in [2.75, 3.05) is 12.9 Å². The number of hydrogen-bond acceptors (Lipinski definition) is 3. The fourth-order valence-electron chi connectivity index (χ4n) is 0.233. The van der Waals surface area contributed by atoms with Crippen molar-refractivity contribution in [3.8, 4) is 0 Å². The lowest BCUT2D eigenvalue weighted by Gasteiger charge is -2.10. The van der Waals surface area contributed by atoms with Gasteiger partial charge in [-0.15, -0.1) is 0 Å². The molecule has 0 saturated heterocycles. The quantitative estimate of drug-likeness (QED) is 0.654. The van der Waals surface area contributed by atoms with Gasteiger partial charge in [-0.05, 0) is 25.0 Å². The normalized spacial score (nSPS) is 17.9. The van der Waals surface area contributed by atoms with Crippen molar-refractivity contribution in [3.05, 3.63) is 0 Å². The van der Waals surface area contributed by atoms with E-state index in [0.29, 0.717) is 6.61 Å². The highest BCUT2D eigenvalue weighted by Crippen LogP contribution is 2.50. The monoisotopic (exact) mass is 171 g/mol. The Balaban J connectivity index is 3.55. The van der Waals surface area contributed by atoms with Gasteiger partial charge in [0, 0.05) is 0 Å². The molecule has 0 bridgehead atoms. The van der Waals surface area contributed by atoms with Crippen LogP contribution >= 0.6 is 17.0 Å². The van der Waals surface area contributed by atoms with E-state index in [-0.39, 0.29) is 0 Å². The van der Waals surface area contributed by atoms with Crippen LogP contribution in [0.4, 0.5) is 0 Å². The lowest BCUT2D eigenvalue weighted by molar-refractivity contribution is 0.385.